The van der Waals surface area contributed by atoms with Crippen LogP contribution in [0.5, 0.6) is 0 Å². The molecule has 0 aliphatic heterocycles. The molecule has 1 aromatic rings. The van der Waals surface area contributed by atoms with Crippen molar-refractivity contribution in [2.75, 3.05) is 5.33 Å². The molecule has 0 aliphatic carbocycles. The zero-order chi connectivity index (χ0) is 7.40. The van der Waals surface area contributed by atoms with Gasteiger partial charge in [0, 0.05) is 17.7 Å². The predicted octanol–water partition coefficient (Wildman–Crippen LogP) is 2.58. The summed E-state index contributed by atoms with van der Waals surface area (Å²) in [5.41, 5.74) is 1.29. The van der Waals surface area contributed by atoms with E-state index in [1.54, 1.807) is 6.20 Å². The molecule has 0 fully saturated rings. The Hall–Kier alpha value is -0.370. The summed E-state index contributed by atoms with van der Waals surface area (Å²) < 4.78 is 0. The summed E-state index contributed by atoms with van der Waals surface area (Å²) >= 11 is 3.42. The van der Waals surface area contributed by atoms with Gasteiger partial charge in [-0.05, 0) is 17.5 Å². The number of nitrogens with zero attached hydrogens (tertiary/aromatic N) is 1. The van der Waals surface area contributed by atoms with Crippen LogP contribution in [0, 0.1) is 0 Å². The molecular formula is C8H10BrN. The molecule has 54 valence electrons. The van der Waals surface area contributed by atoms with Crippen molar-refractivity contribution in [1.29, 1.82) is 0 Å². The third kappa shape index (κ3) is 1.81. The van der Waals surface area contributed by atoms with Gasteiger partial charge in [0.05, 0.1) is 0 Å². The Morgan fingerprint density at radius 2 is 2.50 bits per heavy atom. The van der Waals surface area contributed by atoms with Gasteiger partial charge in [0.15, 0.2) is 0 Å². The van der Waals surface area contributed by atoms with E-state index in [1.807, 2.05) is 12.3 Å². The van der Waals surface area contributed by atoms with Crippen LogP contribution in [0.3, 0.4) is 0 Å². The van der Waals surface area contributed by atoms with E-state index in [1.165, 1.54) is 5.56 Å². The van der Waals surface area contributed by atoms with Crippen molar-refractivity contribution in [3.05, 3.63) is 30.1 Å². The lowest BCUT2D eigenvalue weighted by Crippen LogP contribution is -1.93. The first-order valence-electron chi connectivity index (χ1n) is 3.30. The van der Waals surface area contributed by atoms with E-state index in [0.717, 1.165) is 5.33 Å². The van der Waals surface area contributed by atoms with E-state index in [0.29, 0.717) is 5.92 Å². The van der Waals surface area contributed by atoms with Gasteiger partial charge in [-0.15, -0.1) is 0 Å². The summed E-state index contributed by atoms with van der Waals surface area (Å²) in [6, 6.07) is 4.06. The minimum absolute atomic E-state index is 0.564. The van der Waals surface area contributed by atoms with E-state index in [9.17, 15) is 0 Å². The Morgan fingerprint density at radius 1 is 1.70 bits per heavy atom. The molecule has 0 aliphatic rings. The molecule has 0 amide bonds. The topological polar surface area (TPSA) is 12.9 Å². The van der Waals surface area contributed by atoms with Gasteiger partial charge >= 0.3 is 0 Å². The minimum atomic E-state index is 0.564. The maximum absolute atomic E-state index is 4.03. The summed E-state index contributed by atoms with van der Waals surface area (Å²) in [7, 11) is 0. The summed E-state index contributed by atoms with van der Waals surface area (Å²) in [6.07, 6.45) is 3.70. The molecule has 0 saturated heterocycles. The number of hydrogen-bond donors (Lipinski definition) is 0. The molecule has 10 heavy (non-hydrogen) atoms. The van der Waals surface area contributed by atoms with E-state index in [4.69, 9.17) is 0 Å². The predicted molar refractivity (Wildman–Crippen MR) is 46.4 cm³/mol. The van der Waals surface area contributed by atoms with E-state index < -0.39 is 0 Å². The highest BCUT2D eigenvalue weighted by Crippen LogP contribution is 2.14. The first-order chi connectivity index (χ1) is 4.84. The van der Waals surface area contributed by atoms with E-state index in [-0.39, 0.29) is 0 Å². The Labute approximate surface area is 69.6 Å². The fourth-order valence-corrected chi connectivity index (χ4v) is 1.13. The molecule has 0 spiro atoms. The standard InChI is InChI=1S/C8H10BrN/c1-7(5-9)8-3-2-4-10-6-8/h2-4,6-7H,5H2,1H3. The molecule has 0 N–H and O–H groups in total. The van der Waals surface area contributed by atoms with Crippen LogP contribution in [0.2, 0.25) is 0 Å². The van der Waals surface area contributed by atoms with Crippen molar-refractivity contribution in [3.63, 3.8) is 0 Å². The summed E-state index contributed by atoms with van der Waals surface area (Å²) in [5, 5.41) is 0.999. The molecule has 1 heterocycles. The van der Waals surface area contributed by atoms with Crippen LogP contribution in [0.25, 0.3) is 0 Å². The normalized spacial score (nSPS) is 13.0. The average Bonchev–Trinajstić information content (AvgIpc) is 2.05. The van der Waals surface area contributed by atoms with E-state index in [2.05, 4.69) is 33.9 Å². The smallest absolute Gasteiger partial charge is 0.0302 e. The van der Waals surface area contributed by atoms with Crippen molar-refractivity contribution < 1.29 is 0 Å². The average molecular weight is 200 g/mol. The maximum atomic E-state index is 4.03. The second kappa shape index (κ2) is 3.71. The van der Waals surface area contributed by atoms with Gasteiger partial charge in [-0.25, -0.2) is 0 Å². The van der Waals surface area contributed by atoms with Gasteiger partial charge in [-0.2, -0.15) is 0 Å². The summed E-state index contributed by atoms with van der Waals surface area (Å²) in [5.74, 6) is 0.564. The number of alkyl halides is 1. The van der Waals surface area contributed by atoms with Crippen LogP contribution in [-0.2, 0) is 0 Å². The molecule has 1 unspecified atom stereocenters. The van der Waals surface area contributed by atoms with Gasteiger partial charge in [0.2, 0.25) is 0 Å². The van der Waals surface area contributed by atoms with Gasteiger partial charge in [-0.1, -0.05) is 28.9 Å². The van der Waals surface area contributed by atoms with Crippen LogP contribution in [0.15, 0.2) is 24.5 Å². The molecule has 1 atom stereocenters. The lowest BCUT2D eigenvalue weighted by atomic mass is 10.1. The third-order valence-corrected chi connectivity index (χ3v) is 2.46. The molecule has 0 aromatic carbocycles. The fraction of sp³-hybridized carbons (Fsp3) is 0.375. The largest absolute Gasteiger partial charge is 0.264 e. The first-order valence-corrected chi connectivity index (χ1v) is 4.42. The second-order valence-corrected chi connectivity index (χ2v) is 2.99. The molecule has 0 radical (unpaired) electrons. The molecule has 1 aromatic heterocycles. The molecule has 1 rings (SSSR count). The summed E-state index contributed by atoms with van der Waals surface area (Å²) in [4.78, 5) is 4.03. The minimum Gasteiger partial charge on any atom is -0.264 e. The lowest BCUT2D eigenvalue weighted by molar-refractivity contribution is 0.878. The lowest BCUT2D eigenvalue weighted by Gasteiger charge is -2.04. The van der Waals surface area contributed by atoms with Gasteiger partial charge in [-0.3, -0.25) is 4.98 Å². The fourth-order valence-electron chi connectivity index (χ4n) is 0.757. The highest BCUT2D eigenvalue weighted by molar-refractivity contribution is 9.09. The quantitative estimate of drug-likeness (QED) is 0.668. The molecular weight excluding hydrogens is 190 g/mol. The number of halogens is 1. The number of hydrogen-bond acceptors (Lipinski definition) is 1. The second-order valence-electron chi connectivity index (χ2n) is 2.34. The Kier molecular flexibility index (Phi) is 2.87. The highest BCUT2D eigenvalue weighted by atomic mass is 79.9. The van der Waals surface area contributed by atoms with Crippen molar-refractivity contribution >= 4 is 15.9 Å². The summed E-state index contributed by atoms with van der Waals surface area (Å²) in [6.45, 7) is 2.17. The maximum Gasteiger partial charge on any atom is 0.0302 e. The number of pyridine rings is 1. The molecule has 0 bridgehead atoms. The van der Waals surface area contributed by atoms with Gasteiger partial charge < -0.3 is 0 Å². The van der Waals surface area contributed by atoms with Crippen molar-refractivity contribution in [2.24, 2.45) is 0 Å². The molecule has 0 saturated carbocycles. The van der Waals surface area contributed by atoms with Crippen LogP contribution in [0.1, 0.15) is 18.4 Å². The van der Waals surface area contributed by atoms with Crippen LogP contribution in [-0.4, -0.2) is 10.3 Å². The Balaban J connectivity index is 2.75. The van der Waals surface area contributed by atoms with Crippen molar-refractivity contribution in [1.82, 2.24) is 4.98 Å². The van der Waals surface area contributed by atoms with Crippen LogP contribution >= 0.6 is 15.9 Å². The van der Waals surface area contributed by atoms with Gasteiger partial charge in [0.25, 0.3) is 0 Å². The Bertz CT molecular complexity index is 186. The first kappa shape index (κ1) is 7.73. The van der Waals surface area contributed by atoms with Crippen molar-refractivity contribution in [2.45, 2.75) is 12.8 Å². The van der Waals surface area contributed by atoms with Crippen LogP contribution in [0.4, 0.5) is 0 Å². The van der Waals surface area contributed by atoms with Gasteiger partial charge in [0.1, 0.15) is 0 Å². The zero-order valence-corrected chi connectivity index (χ0v) is 7.51. The zero-order valence-electron chi connectivity index (χ0n) is 5.92. The molecule has 2 heteroatoms. The number of aromatic nitrogens is 1. The highest BCUT2D eigenvalue weighted by Gasteiger charge is 2.00. The van der Waals surface area contributed by atoms with Crippen molar-refractivity contribution in [3.8, 4) is 0 Å². The monoisotopic (exact) mass is 199 g/mol. The van der Waals surface area contributed by atoms with E-state index >= 15 is 0 Å². The van der Waals surface area contributed by atoms with Crippen LogP contribution < -0.4 is 0 Å². The number of rotatable bonds is 2. The third-order valence-electron chi connectivity index (χ3n) is 1.48. The molecule has 1 nitrogen and oxygen atoms in total. The Morgan fingerprint density at radius 3 is 3.00 bits per heavy atom. The SMILES string of the molecule is CC(CBr)c1cccnc1.